The fraction of sp³-hybridized carbons (Fsp3) is 0.559. The van der Waals surface area contributed by atoms with E-state index in [1.165, 1.54) is 44.8 Å². The number of pyridine rings is 2. The van der Waals surface area contributed by atoms with E-state index >= 15 is 0 Å². The van der Waals surface area contributed by atoms with E-state index < -0.39 is 46.7 Å². The van der Waals surface area contributed by atoms with Gasteiger partial charge in [0.1, 0.15) is 22.6 Å². The van der Waals surface area contributed by atoms with Gasteiger partial charge in [0, 0.05) is 12.4 Å². The molecule has 0 spiro atoms. The minimum atomic E-state index is -1.06. The average molecular weight is 696 g/mol. The highest BCUT2D eigenvalue weighted by Crippen LogP contribution is 2.12. The first kappa shape index (κ1) is 46.3. The van der Waals surface area contributed by atoms with E-state index in [-0.39, 0.29) is 12.4 Å². The van der Waals surface area contributed by atoms with E-state index in [0.717, 1.165) is 0 Å². The molecule has 49 heavy (non-hydrogen) atoms. The second-order valence-corrected chi connectivity index (χ2v) is 14.0. The molecule has 276 valence electrons. The van der Waals surface area contributed by atoms with Gasteiger partial charge >= 0.3 is 30.2 Å². The van der Waals surface area contributed by atoms with Gasteiger partial charge in [0.15, 0.2) is 0 Å². The normalized spacial score (nSPS) is 10.9. The summed E-state index contributed by atoms with van der Waals surface area (Å²) in [6.45, 7) is 20.6. The summed E-state index contributed by atoms with van der Waals surface area (Å²) in [4.78, 5) is 63.5. The smallest absolute Gasteiger partial charge is 0.465 e. The van der Waals surface area contributed by atoms with E-state index in [0.29, 0.717) is 22.6 Å². The van der Waals surface area contributed by atoms with Gasteiger partial charge in [-0.1, -0.05) is 0 Å². The van der Waals surface area contributed by atoms with Crippen LogP contribution in [0.1, 0.15) is 109 Å². The lowest BCUT2D eigenvalue weighted by molar-refractivity contribution is -0.154. The molecule has 15 nitrogen and oxygen atoms in total. The molecule has 0 aromatic carbocycles. The van der Waals surface area contributed by atoms with Crippen LogP contribution in [-0.4, -0.2) is 81.9 Å². The first-order valence-corrected chi connectivity index (χ1v) is 15.0. The Labute approximate surface area is 288 Å². The summed E-state index contributed by atoms with van der Waals surface area (Å²) in [6, 6.07) is 6.06. The third-order valence-electron chi connectivity index (χ3n) is 4.13. The number of aliphatic hydroxyl groups is 1. The van der Waals surface area contributed by atoms with Crippen molar-refractivity contribution in [1.82, 2.24) is 9.97 Å². The Balaban J connectivity index is 0. The largest absolute Gasteiger partial charge is 0.519 e. The number of methoxy groups -OCH3 is 2. The molecule has 0 unspecified atom stereocenters. The SMILES string of the molecule is CC(C)(C)O.CC(C)(C)OC(=O)OC(=O)OC(C)(C)C.COC(=O)c1ccnc(CC(=O)OC(C)(C)C)c1.COC(=O)c1ccnc(N)c1. The van der Waals surface area contributed by atoms with Crippen molar-refractivity contribution < 1.29 is 57.5 Å². The van der Waals surface area contributed by atoms with Gasteiger partial charge in [-0.25, -0.2) is 24.2 Å². The molecule has 2 rings (SSSR count). The maximum absolute atomic E-state index is 11.6. The first-order valence-electron chi connectivity index (χ1n) is 15.0. The summed E-state index contributed by atoms with van der Waals surface area (Å²) >= 11 is 0. The van der Waals surface area contributed by atoms with Crippen molar-refractivity contribution in [2.45, 2.75) is 112 Å². The van der Waals surface area contributed by atoms with Gasteiger partial charge in [-0.3, -0.25) is 9.78 Å². The summed E-state index contributed by atoms with van der Waals surface area (Å²) in [5.74, 6) is -0.924. The summed E-state index contributed by atoms with van der Waals surface area (Å²) < 4.78 is 28.0. The van der Waals surface area contributed by atoms with Crippen molar-refractivity contribution in [3.8, 4) is 0 Å². The molecule has 0 bridgehead atoms. The number of hydrogen-bond acceptors (Lipinski definition) is 15. The molecule has 0 fully saturated rings. The van der Waals surface area contributed by atoms with Gasteiger partial charge in [0.2, 0.25) is 0 Å². The molecule has 0 aliphatic heterocycles. The molecule has 3 N–H and O–H groups in total. The summed E-state index contributed by atoms with van der Waals surface area (Å²) in [5, 5.41) is 8.52. The van der Waals surface area contributed by atoms with Gasteiger partial charge in [-0.05, 0) is 107 Å². The number of esters is 3. The second-order valence-electron chi connectivity index (χ2n) is 14.0. The molecule has 2 aromatic rings. The van der Waals surface area contributed by atoms with Crippen LogP contribution in [-0.2, 0) is 39.6 Å². The number of rotatable bonds is 4. The number of aromatic nitrogens is 2. The molecule has 0 amide bonds. The molecule has 2 aromatic heterocycles. The lowest BCUT2D eigenvalue weighted by Crippen LogP contribution is -2.29. The van der Waals surface area contributed by atoms with Crippen molar-refractivity contribution >= 4 is 36.0 Å². The molecule has 0 radical (unpaired) electrons. The molecule has 0 saturated heterocycles. The van der Waals surface area contributed by atoms with Crippen LogP contribution in [0, 0.1) is 0 Å². The van der Waals surface area contributed by atoms with Crippen LogP contribution in [0.4, 0.5) is 15.4 Å². The van der Waals surface area contributed by atoms with Gasteiger partial charge in [0.05, 0.1) is 43.1 Å². The van der Waals surface area contributed by atoms with Crippen molar-refractivity contribution in [3.05, 3.63) is 53.5 Å². The monoisotopic (exact) mass is 695 g/mol. The Morgan fingerprint density at radius 3 is 1.37 bits per heavy atom. The maximum atomic E-state index is 11.6. The van der Waals surface area contributed by atoms with E-state index in [4.69, 9.17) is 25.1 Å². The second kappa shape index (κ2) is 20.5. The van der Waals surface area contributed by atoms with Crippen molar-refractivity contribution in [2.24, 2.45) is 0 Å². The zero-order chi connectivity index (χ0) is 38.8. The van der Waals surface area contributed by atoms with Crippen LogP contribution in [0.2, 0.25) is 0 Å². The topological polar surface area (TPSA) is 213 Å². The molecular weight excluding hydrogens is 642 g/mol. The van der Waals surface area contributed by atoms with E-state index in [1.807, 2.05) is 0 Å². The molecule has 15 heteroatoms. The average Bonchev–Trinajstić information content (AvgIpc) is 2.88. The minimum absolute atomic E-state index is 0.0299. The lowest BCUT2D eigenvalue weighted by atomic mass is 10.1. The predicted octanol–water partition coefficient (Wildman–Crippen LogP) is 5.85. The van der Waals surface area contributed by atoms with Crippen LogP contribution in [0.25, 0.3) is 0 Å². The molecular formula is C34H53N3O12. The van der Waals surface area contributed by atoms with E-state index in [2.05, 4.69) is 24.2 Å². The Bertz CT molecular complexity index is 1330. The van der Waals surface area contributed by atoms with Crippen LogP contribution < -0.4 is 5.73 Å². The zero-order valence-electron chi connectivity index (χ0n) is 31.1. The number of hydrogen-bond donors (Lipinski definition) is 2. The van der Waals surface area contributed by atoms with Gasteiger partial charge in [-0.15, -0.1) is 0 Å². The van der Waals surface area contributed by atoms with E-state index in [9.17, 15) is 24.0 Å². The predicted molar refractivity (Wildman–Crippen MR) is 181 cm³/mol. The number of carbonyl (C=O) groups is 5. The van der Waals surface area contributed by atoms with Crippen molar-refractivity contribution in [2.75, 3.05) is 20.0 Å². The number of nitrogen functional groups attached to an aromatic ring is 1. The highest BCUT2D eigenvalue weighted by molar-refractivity contribution is 5.90. The molecule has 0 aliphatic carbocycles. The van der Waals surface area contributed by atoms with Crippen LogP contribution in [0.15, 0.2) is 36.7 Å². The number of nitrogens with zero attached hydrogens (tertiary/aromatic N) is 2. The van der Waals surface area contributed by atoms with Gasteiger partial charge < -0.3 is 39.3 Å². The zero-order valence-corrected chi connectivity index (χ0v) is 31.1. The lowest BCUT2D eigenvalue weighted by Gasteiger charge is -2.20. The van der Waals surface area contributed by atoms with Crippen LogP contribution in [0.5, 0.6) is 0 Å². The maximum Gasteiger partial charge on any atom is 0.519 e. The summed E-state index contributed by atoms with van der Waals surface area (Å²) in [5.41, 5.74) is 4.17. The number of anilines is 1. The highest BCUT2D eigenvalue weighted by atomic mass is 16.8. The van der Waals surface area contributed by atoms with Crippen LogP contribution in [0.3, 0.4) is 0 Å². The number of carbonyl (C=O) groups excluding carboxylic acids is 5. The number of nitrogens with two attached hydrogens (primary N) is 1. The Hall–Kier alpha value is -4.79. The molecule has 0 aliphatic rings. The Kier molecular flexibility index (Phi) is 19.4. The van der Waals surface area contributed by atoms with E-state index in [1.54, 1.807) is 89.2 Å². The fourth-order valence-corrected chi connectivity index (χ4v) is 2.65. The summed E-state index contributed by atoms with van der Waals surface area (Å²) in [6.07, 6.45) is 0.837. The Morgan fingerprint density at radius 1 is 0.653 bits per heavy atom. The third-order valence-corrected chi connectivity index (χ3v) is 4.13. The molecule has 2 heterocycles. The van der Waals surface area contributed by atoms with Gasteiger partial charge in [-0.2, -0.15) is 0 Å². The standard InChI is InChI=1S/C13H17NO4.C10H18O5.C7H8N2O2.C4H10O/c1-13(2,3)18-11(15)8-10-7-9(5-6-14-10)12(16)17-4;1-9(2,3)14-7(11)13-8(12)15-10(4,5)6;1-11-7(10)5-2-3-9-6(8)4-5;1-4(2,3)5/h5-7H,8H2,1-4H3;1-6H3;2-4H,1H3,(H2,8,9);5H,1-3H3. The Morgan fingerprint density at radius 2 is 1.02 bits per heavy atom. The quantitative estimate of drug-likeness (QED) is 0.218. The molecule has 0 saturated carbocycles. The van der Waals surface area contributed by atoms with Crippen LogP contribution >= 0.6 is 0 Å². The highest BCUT2D eigenvalue weighted by Gasteiger charge is 2.24. The summed E-state index contributed by atoms with van der Waals surface area (Å²) in [7, 11) is 2.62. The van der Waals surface area contributed by atoms with Gasteiger partial charge in [0.25, 0.3) is 0 Å². The fourth-order valence-electron chi connectivity index (χ4n) is 2.65. The van der Waals surface area contributed by atoms with Crippen molar-refractivity contribution in [3.63, 3.8) is 0 Å². The van der Waals surface area contributed by atoms with Crippen molar-refractivity contribution in [1.29, 1.82) is 0 Å². The minimum Gasteiger partial charge on any atom is -0.465 e. The molecule has 0 atom stereocenters. The first-order chi connectivity index (χ1) is 22.0. The number of ether oxygens (including phenoxy) is 6. The third kappa shape index (κ3) is 29.1.